The van der Waals surface area contributed by atoms with Gasteiger partial charge < -0.3 is 10.3 Å². The van der Waals surface area contributed by atoms with Crippen LogP contribution in [-0.4, -0.2) is 30.4 Å². The van der Waals surface area contributed by atoms with Crippen molar-refractivity contribution in [1.29, 1.82) is 0 Å². The molecule has 1 aromatic heterocycles. The molecule has 20 heavy (non-hydrogen) atoms. The summed E-state index contributed by atoms with van der Waals surface area (Å²) < 4.78 is 28.8. The van der Waals surface area contributed by atoms with Crippen molar-refractivity contribution in [2.24, 2.45) is 11.7 Å². The third-order valence-electron chi connectivity index (χ3n) is 3.71. The molecule has 0 aliphatic rings. The van der Waals surface area contributed by atoms with E-state index in [2.05, 4.69) is 13.8 Å². The first kappa shape index (κ1) is 17.2. The molecule has 116 valence electrons. The molecule has 1 atom stereocenters. The zero-order valence-corrected chi connectivity index (χ0v) is 13.8. The average Bonchev–Trinajstić information content (AvgIpc) is 2.87. The molecule has 5 nitrogen and oxygen atoms in total. The Morgan fingerprint density at radius 2 is 2.00 bits per heavy atom. The first-order valence-electron chi connectivity index (χ1n) is 7.29. The van der Waals surface area contributed by atoms with E-state index >= 15 is 0 Å². The summed E-state index contributed by atoms with van der Waals surface area (Å²) in [5.41, 5.74) is 6.52. The van der Waals surface area contributed by atoms with Crippen molar-refractivity contribution < 1.29 is 8.42 Å². The number of hydrogen-bond donors (Lipinski definition) is 1. The lowest BCUT2D eigenvalue weighted by Crippen LogP contribution is -2.34. The van der Waals surface area contributed by atoms with Crippen LogP contribution < -0.4 is 5.73 Å². The highest BCUT2D eigenvalue weighted by Crippen LogP contribution is 2.20. The molecule has 1 aromatic rings. The second-order valence-corrected chi connectivity index (χ2v) is 7.06. The Bertz CT molecular complexity index is 501. The maximum Gasteiger partial charge on any atom is 0.244 e. The highest BCUT2D eigenvalue weighted by molar-refractivity contribution is 7.89. The van der Waals surface area contributed by atoms with Crippen molar-refractivity contribution in [3.8, 4) is 0 Å². The first-order chi connectivity index (χ1) is 9.40. The van der Waals surface area contributed by atoms with Crippen molar-refractivity contribution in [3.63, 3.8) is 0 Å². The van der Waals surface area contributed by atoms with Crippen LogP contribution in [-0.2, 0) is 23.1 Å². The van der Waals surface area contributed by atoms with Gasteiger partial charge in [0.25, 0.3) is 0 Å². The molecule has 0 fully saturated rings. The molecule has 0 aliphatic heterocycles. The van der Waals surface area contributed by atoms with Crippen LogP contribution in [0.3, 0.4) is 0 Å². The third kappa shape index (κ3) is 3.62. The topological polar surface area (TPSA) is 68.3 Å². The van der Waals surface area contributed by atoms with Gasteiger partial charge in [-0.3, -0.25) is 0 Å². The molecule has 2 N–H and O–H groups in total. The third-order valence-corrected chi connectivity index (χ3v) is 5.62. The molecular formula is C14H27N3O2S. The molecule has 0 amide bonds. The van der Waals surface area contributed by atoms with Gasteiger partial charge in [-0.05, 0) is 18.9 Å². The molecule has 6 heteroatoms. The Morgan fingerprint density at radius 1 is 1.35 bits per heavy atom. The van der Waals surface area contributed by atoms with Crippen LogP contribution in [0.15, 0.2) is 17.2 Å². The zero-order valence-electron chi connectivity index (χ0n) is 13.0. The van der Waals surface area contributed by atoms with Crippen LogP contribution in [0.4, 0.5) is 0 Å². The smallest absolute Gasteiger partial charge is 0.244 e. The lowest BCUT2D eigenvalue weighted by molar-refractivity contribution is 0.361. The van der Waals surface area contributed by atoms with Gasteiger partial charge in [-0.2, -0.15) is 4.31 Å². The fraction of sp³-hybridized carbons (Fsp3) is 0.714. The van der Waals surface area contributed by atoms with Crippen molar-refractivity contribution in [1.82, 2.24) is 8.87 Å². The van der Waals surface area contributed by atoms with Crippen LogP contribution >= 0.6 is 0 Å². The van der Waals surface area contributed by atoms with E-state index in [-0.39, 0.29) is 0 Å². The lowest BCUT2D eigenvalue weighted by Gasteiger charge is -2.22. The summed E-state index contributed by atoms with van der Waals surface area (Å²) in [7, 11) is -3.42. The second kappa shape index (κ2) is 7.24. The maximum atomic E-state index is 12.7. The number of rotatable bonds is 8. The van der Waals surface area contributed by atoms with Gasteiger partial charge in [-0.1, -0.05) is 27.2 Å². The van der Waals surface area contributed by atoms with Crippen LogP contribution in [0.2, 0.25) is 0 Å². The Labute approximate surface area is 122 Å². The van der Waals surface area contributed by atoms with Gasteiger partial charge >= 0.3 is 0 Å². The molecule has 0 radical (unpaired) electrons. The first-order valence-corrected chi connectivity index (χ1v) is 8.73. The summed E-state index contributed by atoms with van der Waals surface area (Å²) in [5, 5.41) is 0. The zero-order chi connectivity index (χ0) is 15.3. The summed E-state index contributed by atoms with van der Waals surface area (Å²) in [6.07, 6.45) is 2.66. The molecule has 1 rings (SSSR count). The molecule has 1 unspecified atom stereocenters. The van der Waals surface area contributed by atoms with Crippen molar-refractivity contribution in [2.75, 3.05) is 13.1 Å². The minimum Gasteiger partial charge on any atom is -0.349 e. The average molecular weight is 301 g/mol. The molecule has 0 saturated carbocycles. The van der Waals surface area contributed by atoms with E-state index in [0.717, 1.165) is 18.7 Å². The number of aromatic nitrogens is 1. The van der Waals surface area contributed by atoms with Crippen molar-refractivity contribution in [2.45, 2.75) is 52.1 Å². The van der Waals surface area contributed by atoms with Gasteiger partial charge in [0.1, 0.15) is 4.90 Å². The SMILES string of the molecule is CCC(C)CN(CC)S(=O)(=O)c1cc(CN)n(CC)c1. The molecule has 0 spiro atoms. The molecule has 1 heterocycles. The fourth-order valence-electron chi connectivity index (χ4n) is 2.16. The van der Waals surface area contributed by atoms with Gasteiger partial charge in [0, 0.05) is 38.1 Å². The van der Waals surface area contributed by atoms with Crippen LogP contribution in [0.5, 0.6) is 0 Å². The molecule has 0 saturated heterocycles. The number of nitrogens with two attached hydrogens (primary N) is 1. The number of nitrogens with zero attached hydrogens (tertiary/aromatic N) is 2. The summed E-state index contributed by atoms with van der Waals surface area (Å²) in [4.78, 5) is 0.352. The quantitative estimate of drug-likeness (QED) is 0.798. The monoisotopic (exact) mass is 301 g/mol. The molecule has 0 aromatic carbocycles. The van der Waals surface area contributed by atoms with E-state index in [1.54, 1.807) is 16.6 Å². The Hall–Kier alpha value is -0.850. The number of sulfonamides is 1. The largest absolute Gasteiger partial charge is 0.349 e. The summed E-state index contributed by atoms with van der Waals surface area (Å²) in [5.74, 6) is 0.354. The Balaban J connectivity index is 3.10. The van der Waals surface area contributed by atoms with Gasteiger partial charge in [0.15, 0.2) is 0 Å². The van der Waals surface area contributed by atoms with Gasteiger partial charge in [0.05, 0.1) is 0 Å². The molecule has 0 aliphatic carbocycles. The standard InChI is InChI=1S/C14H27N3O2S/c1-5-12(4)10-17(7-3)20(18,19)14-8-13(9-15)16(6-2)11-14/h8,11-12H,5-7,9-10,15H2,1-4H3. The number of aryl methyl sites for hydroxylation is 1. The summed E-state index contributed by atoms with van der Waals surface area (Å²) >= 11 is 0. The Kier molecular flexibility index (Phi) is 6.23. The van der Waals surface area contributed by atoms with Gasteiger partial charge in [-0.25, -0.2) is 8.42 Å². The van der Waals surface area contributed by atoms with E-state index in [1.807, 2.05) is 18.4 Å². The van der Waals surface area contributed by atoms with Crippen LogP contribution in [0.1, 0.15) is 39.8 Å². The van der Waals surface area contributed by atoms with E-state index in [4.69, 9.17) is 5.73 Å². The minimum atomic E-state index is -3.42. The van der Waals surface area contributed by atoms with E-state index < -0.39 is 10.0 Å². The van der Waals surface area contributed by atoms with Crippen molar-refractivity contribution in [3.05, 3.63) is 18.0 Å². The predicted molar refractivity (Wildman–Crippen MR) is 81.9 cm³/mol. The normalized spacial score (nSPS) is 13.9. The highest BCUT2D eigenvalue weighted by Gasteiger charge is 2.26. The lowest BCUT2D eigenvalue weighted by atomic mass is 10.1. The van der Waals surface area contributed by atoms with E-state index in [1.165, 1.54) is 0 Å². The predicted octanol–water partition coefficient (Wildman–Crippen LogP) is 2.02. The fourth-order valence-corrected chi connectivity index (χ4v) is 3.79. The maximum absolute atomic E-state index is 12.7. The van der Waals surface area contributed by atoms with E-state index in [0.29, 0.717) is 30.4 Å². The Morgan fingerprint density at radius 3 is 2.40 bits per heavy atom. The van der Waals surface area contributed by atoms with E-state index in [9.17, 15) is 8.42 Å². The highest BCUT2D eigenvalue weighted by atomic mass is 32.2. The summed E-state index contributed by atoms with van der Waals surface area (Å²) in [6.45, 7) is 10.1. The molecular weight excluding hydrogens is 274 g/mol. The van der Waals surface area contributed by atoms with Crippen molar-refractivity contribution >= 4 is 10.0 Å². The van der Waals surface area contributed by atoms with Gasteiger partial charge in [0.2, 0.25) is 10.0 Å². The molecule has 0 bridgehead atoms. The number of hydrogen-bond acceptors (Lipinski definition) is 3. The minimum absolute atomic E-state index is 0.348. The van der Waals surface area contributed by atoms with Crippen LogP contribution in [0.25, 0.3) is 0 Å². The van der Waals surface area contributed by atoms with Crippen LogP contribution in [0, 0.1) is 5.92 Å². The second-order valence-electron chi connectivity index (χ2n) is 5.13. The summed E-state index contributed by atoms with van der Waals surface area (Å²) in [6, 6.07) is 1.69. The van der Waals surface area contributed by atoms with Gasteiger partial charge in [-0.15, -0.1) is 0 Å².